The molecular weight excluding hydrogens is 397 g/mol. The van der Waals surface area contributed by atoms with Crippen LogP contribution in [-0.2, 0) is 20.1 Å². The number of hydrogen-bond donors (Lipinski definition) is 0. The van der Waals surface area contributed by atoms with Gasteiger partial charge in [0.2, 0.25) is 0 Å². The lowest BCUT2D eigenvalue weighted by Gasteiger charge is -2.17. The summed E-state index contributed by atoms with van der Waals surface area (Å²) in [5, 5.41) is 0. The summed E-state index contributed by atoms with van der Waals surface area (Å²) < 4.78 is 20.5. The molecule has 1 atom stereocenters. The zero-order valence-electron chi connectivity index (χ0n) is 17.6. The van der Waals surface area contributed by atoms with Gasteiger partial charge < -0.3 is 19.1 Å². The number of benzene rings is 1. The fourth-order valence-corrected chi connectivity index (χ4v) is 4.30. The Hall–Kier alpha value is -3.42. The van der Waals surface area contributed by atoms with E-state index in [1.165, 1.54) is 0 Å². The van der Waals surface area contributed by atoms with Crippen LogP contribution >= 0.6 is 0 Å². The van der Waals surface area contributed by atoms with Crippen LogP contribution in [0.5, 0.6) is 5.75 Å². The molecular formula is C23H24FN5O2. The van der Waals surface area contributed by atoms with Crippen molar-refractivity contribution in [2.45, 2.75) is 25.7 Å². The summed E-state index contributed by atoms with van der Waals surface area (Å²) in [7, 11) is 3.49. The Morgan fingerprint density at radius 1 is 1.19 bits per heavy atom. The van der Waals surface area contributed by atoms with Crippen molar-refractivity contribution in [3.05, 3.63) is 59.5 Å². The molecule has 31 heavy (non-hydrogen) atoms. The van der Waals surface area contributed by atoms with E-state index < -0.39 is 6.17 Å². The Kier molecular flexibility index (Phi) is 4.84. The van der Waals surface area contributed by atoms with Crippen LogP contribution in [0.15, 0.2) is 42.6 Å². The highest BCUT2D eigenvalue weighted by atomic mass is 19.1. The molecule has 2 aliphatic rings. The number of fused-ring (bicyclic) bond motifs is 1. The molecule has 1 saturated heterocycles. The number of hydrogen-bond acceptors (Lipinski definition) is 5. The maximum atomic E-state index is 13.5. The van der Waals surface area contributed by atoms with E-state index in [0.29, 0.717) is 44.1 Å². The fraction of sp³-hybridized carbons (Fsp3) is 0.348. The van der Waals surface area contributed by atoms with Gasteiger partial charge in [-0.3, -0.25) is 4.79 Å². The molecule has 1 amide bonds. The van der Waals surface area contributed by atoms with Gasteiger partial charge in [-0.2, -0.15) is 0 Å². The number of ether oxygens (including phenoxy) is 1. The van der Waals surface area contributed by atoms with E-state index in [0.717, 1.165) is 28.4 Å². The summed E-state index contributed by atoms with van der Waals surface area (Å²) in [4.78, 5) is 26.0. The third-order valence-electron chi connectivity index (χ3n) is 5.99. The van der Waals surface area contributed by atoms with Crippen LogP contribution in [0.25, 0.3) is 11.4 Å². The molecule has 1 unspecified atom stereocenters. The normalized spacial score (nSPS) is 18.0. The predicted octanol–water partition coefficient (Wildman–Crippen LogP) is 3.19. The molecule has 4 heterocycles. The summed E-state index contributed by atoms with van der Waals surface area (Å²) in [5.41, 5.74) is 3.28. The Morgan fingerprint density at radius 2 is 2.00 bits per heavy atom. The maximum absolute atomic E-state index is 13.5. The molecule has 1 aromatic carbocycles. The Labute approximate surface area is 180 Å². The summed E-state index contributed by atoms with van der Waals surface area (Å²) in [6.45, 7) is 2.08. The van der Waals surface area contributed by atoms with Crippen LogP contribution in [0.4, 0.5) is 10.2 Å². The summed E-state index contributed by atoms with van der Waals surface area (Å²) in [5.74, 6) is 2.25. The summed E-state index contributed by atoms with van der Waals surface area (Å²) >= 11 is 0. The van der Waals surface area contributed by atoms with E-state index in [9.17, 15) is 9.18 Å². The average molecular weight is 421 g/mol. The first-order chi connectivity index (χ1) is 15.0. The van der Waals surface area contributed by atoms with E-state index in [4.69, 9.17) is 9.72 Å². The van der Waals surface area contributed by atoms with Crippen LogP contribution in [0.2, 0.25) is 0 Å². The summed E-state index contributed by atoms with van der Waals surface area (Å²) in [6.07, 6.45) is 1.51. The van der Waals surface area contributed by atoms with Crippen molar-refractivity contribution in [2.75, 3.05) is 25.1 Å². The van der Waals surface area contributed by atoms with E-state index in [-0.39, 0.29) is 5.91 Å². The second kappa shape index (κ2) is 7.68. The zero-order chi connectivity index (χ0) is 21.5. The molecule has 5 rings (SSSR count). The number of carbonyl (C=O) groups excluding carboxylic acids is 1. The number of imidazole rings is 1. The van der Waals surface area contributed by atoms with Gasteiger partial charge in [0.1, 0.15) is 29.3 Å². The monoisotopic (exact) mass is 421 g/mol. The minimum Gasteiger partial charge on any atom is -0.497 e. The molecule has 2 aromatic heterocycles. The average Bonchev–Trinajstić information content (AvgIpc) is 3.45. The zero-order valence-corrected chi connectivity index (χ0v) is 17.6. The Morgan fingerprint density at radius 3 is 2.61 bits per heavy atom. The second-order valence-electron chi connectivity index (χ2n) is 8.04. The van der Waals surface area contributed by atoms with Gasteiger partial charge in [-0.1, -0.05) is 12.1 Å². The van der Waals surface area contributed by atoms with Crippen molar-refractivity contribution in [2.24, 2.45) is 7.05 Å². The molecule has 0 bridgehead atoms. The first kappa shape index (κ1) is 19.5. The number of methoxy groups -OCH3 is 1. The largest absolute Gasteiger partial charge is 0.497 e. The third kappa shape index (κ3) is 3.52. The van der Waals surface area contributed by atoms with E-state index in [1.54, 1.807) is 18.2 Å². The number of anilines is 1. The molecule has 7 nitrogen and oxygen atoms in total. The molecule has 8 heteroatoms. The van der Waals surface area contributed by atoms with Gasteiger partial charge >= 0.3 is 0 Å². The minimum absolute atomic E-state index is 0.0253. The topological polar surface area (TPSA) is 63.5 Å². The molecule has 3 aromatic rings. The van der Waals surface area contributed by atoms with Crippen molar-refractivity contribution in [1.82, 2.24) is 19.4 Å². The Bertz CT molecular complexity index is 1110. The van der Waals surface area contributed by atoms with E-state index >= 15 is 0 Å². The number of aromatic nitrogens is 3. The highest BCUT2D eigenvalue weighted by molar-refractivity contribution is 5.97. The van der Waals surface area contributed by atoms with Crippen molar-refractivity contribution >= 4 is 11.7 Å². The van der Waals surface area contributed by atoms with Crippen LogP contribution in [0, 0.1) is 0 Å². The quantitative estimate of drug-likeness (QED) is 0.633. The predicted molar refractivity (Wildman–Crippen MR) is 115 cm³/mol. The molecule has 0 N–H and O–H groups in total. The smallest absolute Gasteiger partial charge is 0.273 e. The van der Waals surface area contributed by atoms with Crippen LogP contribution in [-0.4, -0.2) is 51.7 Å². The molecule has 0 saturated carbocycles. The molecule has 0 spiro atoms. The van der Waals surface area contributed by atoms with E-state index in [2.05, 4.69) is 4.98 Å². The molecule has 1 fully saturated rings. The summed E-state index contributed by atoms with van der Waals surface area (Å²) in [6, 6.07) is 11.5. The number of rotatable bonds is 5. The van der Waals surface area contributed by atoms with Crippen LogP contribution in [0.3, 0.4) is 0 Å². The van der Waals surface area contributed by atoms with Crippen LogP contribution in [0.1, 0.15) is 28.2 Å². The van der Waals surface area contributed by atoms with Crippen molar-refractivity contribution < 1.29 is 13.9 Å². The number of alkyl halides is 1. The highest BCUT2D eigenvalue weighted by Gasteiger charge is 2.33. The third-order valence-corrected chi connectivity index (χ3v) is 5.99. The lowest BCUT2D eigenvalue weighted by Crippen LogP contribution is -2.25. The van der Waals surface area contributed by atoms with Gasteiger partial charge in [-0.15, -0.1) is 0 Å². The first-order valence-corrected chi connectivity index (χ1v) is 10.4. The number of amides is 1. The van der Waals surface area contributed by atoms with Crippen molar-refractivity contribution in [3.63, 3.8) is 0 Å². The number of nitrogens with zero attached hydrogens (tertiary/aromatic N) is 5. The first-order valence-electron chi connectivity index (χ1n) is 10.4. The highest BCUT2D eigenvalue weighted by Crippen LogP contribution is 2.30. The lowest BCUT2D eigenvalue weighted by atomic mass is 10.2. The van der Waals surface area contributed by atoms with Crippen molar-refractivity contribution in [1.29, 1.82) is 0 Å². The maximum Gasteiger partial charge on any atom is 0.273 e. The lowest BCUT2D eigenvalue weighted by molar-refractivity contribution is 0.0757. The molecule has 160 valence electrons. The molecule has 0 radical (unpaired) electrons. The van der Waals surface area contributed by atoms with Gasteiger partial charge in [0.25, 0.3) is 5.91 Å². The minimum atomic E-state index is -0.786. The van der Waals surface area contributed by atoms with Gasteiger partial charge in [0, 0.05) is 31.9 Å². The number of halogens is 1. The van der Waals surface area contributed by atoms with Crippen LogP contribution < -0.4 is 9.64 Å². The fourth-order valence-electron chi connectivity index (χ4n) is 4.30. The van der Waals surface area contributed by atoms with Gasteiger partial charge in [0.05, 0.1) is 25.9 Å². The standard InChI is InChI=1S/C23H24FN5O2/c1-27-21-19(14-29(23(21)30)12-15-3-6-18(31-2)7-4-15)26-22(27)16-5-8-20(25-11-16)28-10-9-17(24)13-28/h3-8,11,17H,9-10,12-14H2,1-2H3. The van der Waals surface area contributed by atoms with E-state index in [1.807, 2.05) is 52.9 Å². The van der Waals surface area contributed by atoms with Gasteiger partial charge in [-0.25, -0.2) is 14.4 Å². The SMILES string of the molecule is COc1ccc(CN2Cc3nc(-c4ccc(N5CCC(F)C5)nc4)n(C)c3C2=O)cc1. The molecule has 0 aliphatic carbocycles. The Balaban J connectivity index is 1.33. The van der Waals surface area contributed by atoms with Gasteiger partial charge in [0.15, 0.2) is 0 Å². The molecule has 2 aliphatic heterocycles. The van der Waals surface area contributed by atoms with Crippen molar-refractivity contribution in [3.8, 4) is 17.1 Å². The van der Waals surface area contributed by atoms with Gasteiger partial charge in [-0.05, 0) is 36.2 Å². The number of carbonyl (C=O) groups is 1. The number of pyridine rings is 1. The second-order valence-corrected chi connectivity index (χ2v) is 8.04.